The number of carbonyl (C=O) groups excluding carboxylic acids is 1. The van der Waals surface area contributed by atoms with Crippen LogP contribution < -0.4 is 15.6 Å². The molecule has 23 heavy (non-hydrogen) atoms. The summed E-state index contributed by atoms with van der Waals surface area (Å²) in [6, 6.07) is 9.41. The van der Waals surface area contributed by atoms with Crippen LogP contribution in [0.15, 0.2) is 35.1 Å². The molecule has 1 heterocycles. The summed E-state index contributed by atoms with van der Waals surface area (Å²) in [5.74, 6) is 0.392. The third-order valence-electron chi connectivity index (χ3n) is 3.60. The molecule has 2 N–H and O–H groups in total. The molecule has 122 valence electrons. The Balaban J connectivity index is 1.98. The summed E-state index contributed by atoms with van der Waals surface area (Å²) in [6.07, 6.45) is -0.637. The quantitative estimate of drug-likeness (QED) is 0.890. The normalized spacial score (nSPS) is 11.8. The van der Waals surface area contributed by atoms with Crippen LogP contribution in [0.25, 0.3) is 0 Å². The van der Waals surface area contributed by atoms with Gasteiger partial charge in [0.1, 0.15) is 5.75 Å². The number of ether oxygens (including phenoxy) is 1. The van der Waals surface area contributed by atoms with Crippen molar-refractivity contribution in [3.63, 3.8) is 0 Å². The van der Waals surface area contributed by atoms with Gasteiger partial charge >= 0.3 is 0 Å². The van der Waals surface area contributed by atoms with Crippen molar-refractivity contribution in [2.75, 3.05) is 0 Å². The Morgan fingerprint density at radius 3 is 2.65 bits per heavy atom. The zero-order chi connectivity index (χ0) is 17.0. The maximum Gasteiger partial charge on any atom is 0.261 e. The van der Waals surface area contributed by atoms with Gasteiger partial charge in [0.05, 0.1) is 0 Å². The Morgan fingerprint density at radius 2 is 2.00 bits per heavy atom. The van der Waals surface area contributed by atoms with Gasteiger partial charge < -0.3 is 15.0 Å². The summed E-state index contributed by atoms with van der Waals surface area (Å²) < 4.78 is 5.63. The molecule has 0 aliphatic carbocycles. The van der Waals surface area contributed by atoms with Gasteiger partial charge in [-0.15, -0.1) is 0 Å². The maximum absolute atomic E-state index is 12.1. The van der Waals surface area contributed by atoms with Gasteiger partial charge in [0.25, 0.3) is 11.5 Å². The van der Waals surface area contributed by atoms with Gasteiger partial charge in [-0.05, 0) is 57.0 Å². The molecule has 5 nitrogen and oxygen atoms in total. The van der Waals surface area contributed by atoms with Crippen molar-refractivity contribution >= 4 is 5.91 Å². The van der Waals surface area contributed by atoms with E-state index in [1.807, 2.05) is 51.1 Å². The van der Waals surface area contributed by atoms with Crippen LogP contribution in [0.5, 0.6) is 5.75 Å². The number of rotatable bonds is 5. The number of hydrogen-bond donors (Lipinski definition) is 2. The topological polar surface area (TPSA) is 71.2 Å². The van der Waals surface area contributed by atoms with E-state index in [-0.39, 0.29) is 18.0 Å². The molecule has 0 bridgehead atoms. The highest BCUT2D eigenvalue weighted by Crippen LogP contribution is 2.14. The first kappa shape index (κ1) is 16.8. The van der Waals surface area contributed by atoms with Crippen molar-refractivity contribution in [3.8, 4) is 5.75 Å². The molecule has 1 aromatic carbocycles. The van der Waals surface area contributed by atoms with E-state index in [0.29, 0.717) is 11.3 Å². The van der Waals surface area contributed by atoms with Crippen molar-refractivity contribution in [2.45, 2.75) is 40.3 Å². The third kappa shape index (κ3) is 4.45. The summed E-state index contributed by atoms with van der Waals surface area (Å²) in [4.78, 5) is 26.8. The molecule has 0 aliphatic heterocycles. The van der Waals surface area contributed by atoms with E-state index in [1.165, 1.54) is 0 Å². The molecule has 1 amide bonds. The maximum atomic E-state index is 12.1. The molecule has 2 rings (SSSR count). The SMILES string of the molecule is Cc1cccc(OC(C)C(=O)NCc2c(C)cc(C)[nH]c2=O)c1. The van der Waals surface area contributed by atoms with Gasteiger partial charge in [0.2, 0.25) is 0 Å². The first-order chi connectivity index (χ1) is 10.9. The van der Waals surface area contributed by atoms with Crippen LogP contribution in [0.2, 0.25) is 0 Å². The zero-order valence-electron chi connectivity index (χ0n) is 13.9. The van der Waals surface area contributed by atoms with E-state index in [1.54, 1.807) is 6.92 Å². The van der Waals surface area contributed by atoms with Crippen LogP contribution in [0.4, 0.5) is 0 Å². The van der Waals surface area contributed by atoms with Crippen molar-refractivity contribution < 1.29 is 9.53 Å². The highest BCUT2D eigenvalue weighted by Gasteiger charge is 2.15. The molecule has 1 aromatic heterocycles. The summed E-state index contributed by atoms with van der Waals surface area (Å²) in [5, 5.41) is 2.75. The Kier molecular flexibility index (Phi) is 5.21. The molecular formula is C18H22N2O3. The van der Waals surface area contributed by atoms with Crippen LogP contribution in [0.1, 0.15) is 29.3 Å². The van der Waals surface area contributed by atoms with Gasteiger partial charge in [0.15, 0.2) is 6.10 Å². The second-order valence-electron chi connectivity index (χ2n) is 5.74. The average Bonchev–Trinajstić information content (AvgIpc) is 2.45. The van der Waals surface area contributed by atoms with Gasteiger partial charge in [-0.1, -0.05) is 12.1 Å². The molecule has 0 radical (unpaired) electrons. The zero-order valence-corrected chi connectivity index (χ0v) is 13.9. The molecule has 1 atom stereocenters. The lowest BCUT2D eigenvalue weighted by atomic mass is 10.1. The summed E-state index contributed by atoms with van der Waals surface area (Å²) >= 11 is 0. The Morgan fingerprint density at radius 1 is 1.26 bits per heavy atom. The smallest absolute Gasteiger partial charge is 0.261 e. The van der Waals surface area contributed by atoms with Gasteiger partial charge in [0, 0.05) is 17.8 Å². The predicted octanol–water partition coefficient (Wildman–Crippen LogP) is 2.38. The number of H-pyrrole nitrogens is 1. The molecule has 0 fully saturated rings. The summed E-state index contributed by atoms with van der Waals surface area (Å²) in [6.45, 7) is 7.51. The highest BCUT2D eigenvalue weighted by molar-refractivity contribution is 5.80. The van der Waals surface area contributed by atoms with Crippen LogP contribution >= 0.6 is 0 Å². The molecule has 0 aliphatic rings. The number of nitrogens with one attached hydrogen (secondary N) is 2. The summed E-state index contributed by atoms with van der Waals surface area (Å²) in [5.41, 5.74) is 3.12. The van der Waals surface area contributed by atoms with E-state index in [2.05, 4.69) is 10.3 Å². The number of carbonyl (C=O) groups is 1. The van der Waals surface area contributed by atoms with Crippen molar-refractivity contribution in [1.82, 2.24) is 10.3 Å². The minimum absolute atomic E-state index is 0.171. The number of amides is 1. The largest absolute Gasteiger partial charge is 0.481 e. The second-order valence-corrected chi connectivity index (χ2v) is 5.74. The van der Waals surface area contributed by atoms with Crippen molar-refractivity contribution in [1.29, 1.82) is 0 Å². The third-order valence-corrected chi connectivity index (χ3v) is 3.60. The fraction of sp³-hybridized carbons (Fsp3) is 0.333. The van der Waals surface area contributed by atoms with E-state index in [4.69, 9.17) is 4.74 Å². The Hall–Kier alpha value is -2.56. The molecule has 0 saturated carbocycles. The molecule has 1 unspecified atom stereocenters. The fourth-order valence-electron chi connectivity index (χ4n) is 2.37. The predicted molar refractivity (Wildman–Crippen MR) is 89.7 cm³/mol. The van der Waals surface area contributed by atoms with E-state index in [0.717, 1.165) is 16.8 Å². The first-order valence-corrected chi connectivity index (χ1v) is 7.57. The first-order valence-electron chi connectivity index (χ1n) is 7.57. The van der Waals surface area contributed by atoms with Gasteiger partial charge in [-0.3, -0.25) is 9.59 Å². The monoisotopic (exact) mass is 314 g/mol. The summed E-state index contributed by atoms with van der Waals surface area (Å²) in [7, 11) is 0. The molecule has 5 heteroatoms. The second kappa shape index (κ2) is 7.13. The Bertz CT molecular complexity index is 765. The number of hydrogen-bond acceptors (Lipinski definition) is 3. The number of benzene rings is 1. The molecular weight excluding hydrogens is 292 g/mol. The number of aromatic amines is 1. The lowest BCUT2D eigenvalue weighted by molar-refractivity contribution is -0.127. The Labute approximate surface area is 135 Å². The van der Waals surface area contributed by atoms with Crippen LogP contribution in [0, 0.1) is 20.8 Å². The van der Waals surface area contributed by atoms with Crippen LogP contribution in [0.3, 0.4) is 0 Å². The highest BCUT2D eigenvalue weighted by atomic mass is 16.5. The van der Waals surface area contributed by atoms with Gasteiger partial charge in [-0.25, -0.2) is 0 Å². The molecule has 0 saturated heterocycles. The average molecular weight is 314 g/mol. The lowest BCUT2D eigenvalue weighted by Gasteiger charge is -2.15. The van der Waals surface area contributed by atoms with E-state index < -0.39 is 6.10 Å². The molecule has 0 spiro atoms. The number of aryl methyl sites for hydroxylation is 3. The molecule has 2 aromatic rings. The number of aromatic nitrogens is 1. The van der Waals surface area contributed by atoms with Crippen LogP contribution in [-0.4, -0.2) is 17.0 Å². The lowest BCUT2D eigenvalue weighted by Crippen LogP contribution is -2.37. The van der Waals surface area contributed by atoms with Gasteiger partial charge in [-0.2, -0.15) is 0 Å². The standard InChI is InChI=1S/C18H22N2O3/c1-11-6-5-7-15(8-11)23-14(4)17(21)19-10-16-12(2)9-13(3)20-18(16)22/h5-9,14H,10H2,1-4H3,(H,19,21)(H,20,22). The minimum atomic E-state index is -0.637. The fourth-order valence-corrected chi connectivity index (χ4v) is 2.37. The van der Waals surface area contributed by atoms with E-state index >= 15 is 0 Å². The van der Waals surface area contributed by atoms with Crippen molar-refractivity contribution in [2.24, 2.45) is 0 Å². The number of pyridine rings is 1. The van der Waals surface area contributed by atoms with Crippen LogP contribution in [-0.2, 0) is 11.3 Å². The minimum Gasteiger partial charge on any atom is -0.481 e. The van der Waals surface area contributed by atoms with E-state index in [9.17, 15) is 9.59 Å². The van der Waals surface area contributed by atoms with Crippen molar-refractivity contribution in [3.05, 3.63) is 63.1 Å².